The summed E-state index contributed by atoms with van der Waals surface area (Å²) in [5.41, 5.74) is 0.592. The lowest BCUT2D eigenvalue weighted by Crippen LogP contribution is -2.13. The molecule has 0 fully saturated rings. The fourth-order valence-corrected chi connectivity index (χ4v) is 0.595. The number of aliphatic hydroxyl groups is 2. The third-order valence-corrected chi connectivity index (χ3v) is 1.55. The number of hydrogen-bond donors (Lipinski definition) is 2. The van der Waals surface area contributed by atoms with Crippen molar-refractivity contribution >= 4 is 11.9 Å². The van der Waals surface area contributed by atoms with Gasteiger partial charge in [-0.15, -0.1) is 6.58 Å². The predicted octanol–water partition coefficient (Wildman–Crippen LogP) is 1.13. The molecule has 0 saturated heterocycles. The van der Waals surface area contributed by atoms with E-state index in [-0.39, 0.29) is 18.8 Å². The van der Waals surface area contributed by atoms with E-state index in [0.717, 1.165) is 0 Å². The van der Waals surface area contributed by atoms with Crippen LogP contribution in [-0.4, -0.2) is 35.4 Å². The van der Waals surface area contributed by atoms with Crippen molar-refractivity contribution in [2.75, 3.05) is 13.2 Å². The van der Waals surface area contributed by atoms with Crippen molar-refractivity contribution in [2.45, 2.75) is 20.3 Å². The van der Waals surface area contributed by atoms with Gasteiger partial charge >= 0.3 is 11.9 Å². The first kappa shape index (κ1) is 18.6. The average Bonchev–Trinajstić information content (AvgIpc) is 2.35. The first-order valence-corrected chi connectivity index (χ1v) is 5.32. The highest BCUT2D eigenvalue weighted by Crippen LogP contribution is 2.02. The van der Waals surface area contributed by atoms with Gasteiger partial charge in [-0.05, 0) is 20.3 Å². The molecule has 5 heteroatoms. The minimum absolute atomic E-state index is 0.125. The minimum Gasteiger partial charge on any atom is -0.394 e. The normalized spacial score (nSPS) is 9.89. The summed E-state index contributed by atoms with van der Waals surface area (Å²) < 4.78 is 4.49. The van der Waals surface area contributed by atoms with Crippen LogP contribution >= 0.6 is 0 Å². The number of carbonyl (C=O) groups is 2. The van der Waals surface area contributed by atoms with Crippen molar-refractivity contribution in [3.8, 4) is 0 Å². The Balaban J connectivity index is 0. The summed E-state index contributed by atoms with van der Waals surface area (Å²) >= 11 is 0. The van der Waals surface area contributed by atoms with E-state index >= 15 is 0 Å². The van der Waals surface area contributed by atoms with Crippen LogP contribution in [0.5, 0.6) is 0 Å². The van der Waals surface area contributed by atoms with Crippen LogP contribution in [-0.2, 0) is 14.3 Å². The summed E-state index contributed by atoms with van der Waals surface area (Å²) in [5.74, 6) is -1.33. The third-order valence-electron chi connectivity index (χ3n) is 1.55. The monoisotopic (exact) mass is 256 g/mol. The lowest BCUT2D eigenvalue weighted by Gasteiger charge is -2.01. The Morgan fingerprint density at radius 1 is 1.17 bits per heavy atom. The zero-order valence-corrected chi connectivity index (χ0v) is 10.8. The highest BCUT2D eigenvalue weighted by Gasteiger charge is 2.11. The second-order valence-electron chi connectivity index (χ2n) is 3.32. The van der Waals surface area contributed by atoms with Gasteiger partial charge in [0, 0.05) is 11.1 Å². The zero-order valence-electron chi connectivity index (χ0n) is 10.8. The minimum atomic E-state index is -0.693. The van der Waals surface area contributed by atoms with Gasteiger partial charge in [-0.2, -0.15) is 0 Å². The van der Waals surface area contributed by atoms with Crippen LogP contribution in [0.2, 0.25) is 0 Å². The van der Waals surface area contributed by atoms with E-state index in [9.17, 15) is 9.59 Å². The molecule has 5 nitrogen and oxygen atoms in total. The van der Waals surface area contributed by atoms with Crippen molar-refractivity contribution in [2.24, 2.45) is 0 Å². The molecule has 0 amide bonds. The molecule has 0 aromatic rings. The lowest BCUT2D eigenvalue weighted by molar-refractivity contribution is -0.153. The fourth-order valence-electron chi connectivity index (χ4n) is 0.595. The first-order chi connectivity index (χ1) is 8.40. The molecule has 0 aromatic heterocycles. The summed E-state index contributed by atoms with van der Waals surface area (Å²) in [6.45, 7) is 9.69. The predicted molar refractivity (Wildman–Crippen MR) is 68.7 cm³/mol. The maximum absolute atomic E-state index is 11.2. The molecule has 0 bridgehead atoms. The molecule has 0 heterocycles. The maximum Gasteiger partial charge on any atom is 0.341 e. The Morgan fingerprint density at radius 3 is 2.00 bits per heavy atom. The molecule has 18 heavy (non-hydrogen) atoms. The topological polar surface area (TPSA) is 83.8 Å². The van der Waals surface area contributed by atoms with Crippen molar-refractivity contribution in [1.82, 2.24) is 0 Å². The maximum atomic E-state index is 11.2. The highest BCUT2D eigenvalue weighted by atomic mass is 16.6. The van der Waals surface area contributed by atoms with Gasteiger partial charge in [0.05, 0.1) is 13.2 Å². The lowest BCUT2D eigenvalue weighted by atomic mass is 10.2. The van der Waals surface area contributed by atoms with E-state index < -0.39 is 11.9 Å². The molecule has 0 radical (unpaired) electrons. The Bertz CT molecular complexity index is 326. The number of aliphatic hydroxyl groups excluding tert-OH is 2. The third kappa shape index (κ3) is 10.8. The number of hydrogen-bond acceptors (Lipinski definition) is 5. The second-order valence-corrected chi connectivity index (χ2v) is 3.32. The van der Waals surface area contributed by atoms with Crippen LogP contribution in [0.15, 0.2) is 36.5 Å². The van der Waals surface area contributed by atoms with E-state index in [2.05, 4.69) is 17.9 Å². The van der Waals surface area contributed by atoms with Crippen LogP contribution in [0.4, 0.5) is 0 Å². The Labute approximate surface area is 107 Å². The number of esters is 2. The van der Waals surface area contributed by atoms with E-state index in [4.69, 9.17) is 10.2 Å². The van der Waals surface area contributed by atoms with Crippen LogP contribution in [0.1, 0.15) is 20.3 Å². The van der Waals surface area contributed by atoms with Gasteiger partial charge < -0.3 is 14.9 Å². The van der Waals surface area contributed by atoms with E-state index in [1.54, 1.807) is 19.1 Å². The van der Waals surface area contributed by atoms with Crippen molar-refractivity contribution < 1.29 is 24.5 Å². The summed E-state index contributed by atoms with van der Waals surface area (Å²) in [5, 5.41) is 15.2. The van der Waals surface area contributed by atoms with Crippen molar-refractivity contribution in [3.63, 3.8) is 0 Å². The van der Waals surface area contributed by atoms with Gasteiger partial charge in [0.1, 0.15) is 0 Å². The summed E-state index contributed by atoms with van der Waals surface area (Å²) in [6.07, 6.45) is 3.86. The van der Waals surface area contributed by atoms with E-state index in [1.807, 2.05) is 0 Å². The molecular weight excluding hydrogens is 236 g/mol. The zero-order chi connectivity index (χ0) is 14.6. The summed E-state index contributed by atoms with van der Waals surface area (Å²) in [4.78, 5) is 22.1. The number of rotatable bonds is 5. The number of ether oxygens (including phenoxy) is 1. The van der Waals surface area contributed by atoms with Crippen molar-refractivity contribution in [1.29, 1.82) is 0 Å². The second kappa shape index (κ2) is 11.8. The molecule has 0 saturated carbocycles. The van der Waals surface area contributed by atoms with Gasteiger partial charge in [0.2, 0.25) is 0 Å². The summed E-state index contributed by atoms with van der Waals surface area (Å²) in [7, 11) is 0. The van der Waals surface area contributed by atoms with Gasteiger partial charge in [0.15, 0.2) is 0 Å². The summed E-state index contributed by atoms with van der Waals surface area (Å²) in [6, 6.07) is 0. The number of allylic oxidation sites excluding steroid dienone is 2. The van der Waals surface area contributed by atoms with Gasteiger partial charge in [-0.3, -0.25) is 0 Å². The van der Waals surface area contributed by atoms with Crippen LogP contribution in [0.3, 0.4) is 0 Å². The Hall–Kier alpha value is -1.72. The molecule has 0 spiro atoms. The van der Waals surface area contributed by atoms with Crippen LogP contribution in [0, 0.1) is 0 Å². The van der Waals surface area contributed by atoms with Crippen LogP contribution < -0.4 is 0 Å². The number of carbonyl (C=O) groups excluding carboxylic acids is 2. The largest absolute Gasteiger partial charge is 0.394 e. The van der Waals surface area contributed by atoms with Gasteiger partial charge in [0.25, 0.3) is 0 Å². The SMILES string of the molecule is C=CCC=C(C)C(=O)OC(=O)C(=C)C.OCCO. The van der Waals surface area contributed by atoms with E-state index in [0.29, 0.717) is 12.0 Å². The highest BCUT2D eigenvalue weighted by molar-refractivity contribution is 6.00. The molecule has 0 atom stereocenters. The molecule has 0 unspecified atom stereocenters. The molecule has 102 valence electrons. The molecule has 2 N–H and O–H groups in total. The standard InChI is InChI=1S/C11H14O3.C2H6O2/c1-5-6-7-9(4)11(13)14-10(12)8(2)3;3-1-2-4/h5,7H,1-2,6H2,3-4H3;3-4H,1-2H2. The smallest absolute Gasteiger partial charge is 0.341 e. The molecule has 0 aliphatic carbocycles. The molecule has 0 aromatic carbocycles. The fraction of sp³-hybridized carbons (Fsp3) is 0.385. The quantitative estimate of drug-likeness (QED) is 0.333. The first-order valence-electron chi connectivity index (χ1n) is 5.32. The Morgan fingerprint density at radius 2 is 1.67 bits per heavy atom. The Kier molecular flexibility index (Phi) is 12.2. The van der Waals surface area contributed by atoms with Gasteiger partial charge in [-0.25, -0.2) is 9.59 Å². The van der Waals surface area contributed by atoms with E-state index in [1.165, 1.54) is 6.92 Å². The molecule has 0 rings (SSSR count). The van der Waals surface area contributed by atoms with Gasteiger partial charge in [-0.1, -0.05) is 18.7 Å². The van der Waals surface area contributed by atoms with Crippen LogP contribution in [0.25, 0.3) is 0 Å². The van der Waals surface area contributed by atoms with Crippen molar-refractivity contribution in [3.05, 3.63) is 36.5 Å². The molecular formula is C13H20O5. The average molecular weight is 256 g/mol. The molecule has 0 aliphatic rings. The molecule has 0 aliphatic heterocycles.